The van der Waals surface area contributed by atoms with Gasteiger partial charge in [0.05, 0.1) is 4.47 Å². The molecule has 6 heteroatoms. The monoisotopic (exact) mass is 323 g/mol. The van der Waals surface area contributed by atoms with E-state index < -0.39 is 0 Å². The number of likely N-dealkylation sites (N-methyl/N-ethyl adjacent to an activating group) is 1. The van der Waals surface area contributed by atoms with Crippen LogP contribution >= 0.6 is 15.9 Å². The summed E-state index contributed by atoms with van der Waals surface area (Å²) in [6, 6.07) is 4.52. The molecule has 0 spiro atoms. The molecule has 1 saturated heterocycles. The molecule has 1 unspecified atom stereocenters. The van der Waals surface area contributed by atoms with Gasteiger partial charge in [0.2, 0.25) is 5.95 Å². The Hall–Kier alpha value is -1.14. The maximum Gasteiger partial charge on any atom is 0.245 e. The molecule has 1 fully saturated rings. The van der Waals surface area contributed by atoms with Crippen LogP contribution in [0.2, 0.25) is 0 Å². The fourth-order valence-corrected chi connectivity index (χ4v) is 2.95. The Labute approximate surface area is 121 Å². The zero-order valence-corrected chi connectivity index (χ0v) is 12.6. The first-order valence-electron chi connectivity index (χ1n) is 6.77. The summed E-state index contributed by atoms with van der Waals surface area (Å²) in [5.74, 6) is 0.808. The van der Waals surface area contributed by atoms with E-state index in [9.17, 15) is 0 Å². The van der Waals surface area contributed by atoms with E-state index >= 15 is 0 Å². The number of hydrogen-bond donors (Lipinski definition) is 1. The van der Waals surface area contributed by atoms with Crippen molar-refractivity contribution in [1.29, 1.82) is 0 Å². The number of pyridine rings is 1. The largest absolute Gasteiger partial charge is 0.338 e. The first-order chi connectivity index (χ1) is 9.28. The second-order valence-corrected chi connectivity index (χ2v) is 5.72. The van der Waals surface area contributed by atoms with Gasteiger partial charge in [-0.1, -0.05) is 0 Å². The molecule has 0 bridgehead atoms. The van der Waals surface area contributed by atoms with Crippen molar-refractivity contribution < 1.29 is 0 Å². The Morgan fingerprint density at radius 1 is 1.58 bits per heavy atom. The van der Waals surface area contributed by atoms with Gasteiger partial charge in [-0.2, -0.15) is 4.98 Å². The molecule has 3 heterocycles. The number of hydrogen-bond acceptors (Lipinski definition) is 4. The van der Waals surface area contributed by atoms with Crippen molar-refractivity contribution in [3.8, 4) is 0 Å². The van der Waals surface area contributed by atoms with Crippen LogP contribution in [0.15, 0.2) is 22.8 Å². The summed E-state index contributed by atoms with van der Waals surface area (Å²) in [4.78, 5) is 6.87. The van der Waals surface area contributed by atoms with Crippen LogP contribution in [0.4, 0.5) is 5.95 Å². The molecule has 102 valence electrons. The van der Waals surface area contributed by atoms with Gasteiger partial charge in [0.1, 0.15) is 0 Å². The molecule has 3 rings (SSSR count). The number of fused-ring (bicyclic) bond motifs is 1. The lowest BCUT2D eigenvalue weighted by molar-refractivity contribution is 0.580. The van der Waals surface area contributed by atoms with E-state index in [2.05, 4.69) is 43.2 Å². The van der Waals surface area contributed by atoms with Gasteiger partial charge in [0, 0.05) is 25.3 Å². The van der Waals surface area contributed by atoms with Gasteiger partial charge in [0.15, 0.2) is 5.65 Å². The predicted octanol–water partition coefficient (Wildman–Crippen LogP) is 2.07. The highest BCUT2D eigenvalue weighted by molar-refractivity contribution is 9.10. The average Bonchev–Trinajstić information content (AvgIpc) is 3.05. The van der Waals surface area contributed by atoms with E-state index in [4.69, 9.17) is 0 Å². The summed E-state index contributed by atoms with van der Waals surface area (Å²) >= 11 is 3.52. The third-order valence-corrected chi connectivity index (χ3v) is 4.19. The van der Waals surface area contributed by atoms with Crippen LogP contribution in [0.1, 0.15) is 19.8 Å². The van der Waals surface area contributed by atoms with Crippen LogP contribution in [0.25, 0.3) is 5.65 Å². The van der Waals surface area contributed by atoms with Gasteiger partial charge in [-0.05, 0) is 54.4 Å². The fraction of sp³-hybridized carbons (Fsp3) is 0.538. The maximum absolute atomic E-state index is 4.63. The molecule has 1 N–H and O–H groups in total. The first-order valence-corrected chi connectivity index (χ1v) is 7.56. The Balaban J connectivity index is 1.86. The summed E-state index contributed by atoms with van der Waals surface area (Å²) in [5, 5.41) is 8.08. The van der Waals surface area contributed by atoms with Crippen molar-refractivity contribution >= 4 is 27.5 Å². The summed E-state index contributed by atoms with van der Waals surface area (Å²) in [6.45, 7) is 5.18. The minimum Gasteiger partial charge on any atom is -0.338 e. The number of nitrogens with zero attached hydrogens (tertiary/aromatic N) is 4. The molecular weight excluding hydrogens is 306 g/mol. The molecule has 1 atom stereocenters. The summed E-state index contributed by atoms with van der Waals surface area (Å²) in [6.07, 6.45) is 4.44. The zero-order valence-electron chi connectivity index (χ0n) is 11.0. The molecular formula is C13H18BrN5. The van der Waals surface area contributed by atoms with Crippen LogP contribution in [-0.2, 0) is 0 Å². The van der Waals surface area contributed by atoms with Gasteiger partial charge in [0.25, 0.3) is 0 Å². The van der Waals surface area contributed by atoms with E-state index in [1.807, 2.05) is 22.8 Å². The number of rotatable bonds is 4. The van der Waals surface area contributed by atoms with E-state index in [0.29, 0.717) is 6.04 Å². The van der Waals surface area contributed by atoms with Crippen LogP contribution in [0.5, 0.6) is 0 Å². The Bertz CT molecular complexity index is 561. The smallest absolute Gasteiger partial charge is 0.245 e. The fourth-order valence-electron chi connectivity index (χ4n) is 2.53. The molecule has 5 nitrogen and oxygen atoms in total. The summed E-state index contributed by atoms with van der Waals surface area (Å²) in [7, 11) is 0. The predicted molar refractivity (Wildman–Crippen MR) is 79.6 cm³/mol. The number of nitrogens with one attached hydrogen (secondary N) is 1. The minimum absolute atomic E-state index is 0.565. The second-order valence-electron chi connectivity index (χ2n) is 4.87. The molecule has 0 aliphatic carbocycles. The van der Waals surface area contributed by atoms with Crippen molar-refractivity contribution in [2.24, 2.45) is 0 Å². The highest BCUT2D eigenvalue weighted by Gasteiger charge is 2.20. The van der Waals surface area contributed by atoms with E-state index in [1.54, 1.807) is 0 Å². The maximum atomic E-state index is 4.63. The number of halogens is 1. The Kier molecular flexibility index (Phi) is 3.70. The van der Waals surface area contributed by atoms with Crippen LogP contribution in [0.3, 0.4) is 0 Å². The highest BCUT2D eigenvalue weighted by atomic mass is 79.9. The quantitative estimate of drug-likeness (QED) is 0.935. The molecule has 1 aliphatic rings. The number of aromatic nitrogens is 3. The molecule has 2 aromatic heterocycles. The Morgan fingerprint density at radius 2 is 2.47 bits per heavy atom. The standard InChI is InChI=1S/C13H18BrN5/c1-2-18(9-10-5-3-7-15-10)13-16-12-11(14)6-4-8-19(12)17-13/h4,6,8,10,15H,2-3,5,7,9H2,1H3. The minimum atomic E-state index is 0.565. The normalized spacial score (nSPS) is 19.2. The molecule has 0 amide bonds. The third-order valence-electron chi connectivity index (χ3n) is 3.57. The van der Waals surface area contributed by atoms with Gasteiger partial charge in [-0.3, -0.25) is 0 Å². The second kappa shape index (κ2) is 5.46. The highest BCUT2D eigenvalue weighted by Crippen LogP contribution is 2.19. The summed E-state index contributed by atoms with van der Waals surface area (Å²) < 4.78 is 2.80. The topological polar surface area (TPSA) is 45.5 Å². The zero-order chi connectivity index (χ0) is 13.2. The van der Waals surface area contributed by atoms with E-state index in [0.717, 1.165) is 35.7 Å². The lowest BCUT2D eigenvalue weighted by Crippen LogP contribution is -2.38. The molecule has 19 heavy (non-hydrogen) atoms. The lowest BCUT2D eigenvalue weighted by atomic mass is 10.2. The molecule has 0 radical (unpaired) electrons. The van der Waals surface area contributed by atoms with Gasteiger partial charge < -0.3 is 10.2 Å². The lowest BCUT2D eigenvalue weighted by Gasteiger charge is -2.22. The van der Waals surface area contributed by atoms with Crippen molar-refractivity contribution in [3.05, 3.63) is 22.8 Å². The van der Waals surface area contributed by atoms with Gasteiger partial charge >= 0.3 is 0 Å². The first kappa shape index (κ1) is 12.9. The Morgan fingerprint density at radius 3 is 3.16 bits per heavy atom. The van der Waals surface area contributed by atoms with Crippen LogP contribution < -0.4 is 10.2 Å². The van der Waals surface area contributed by atoms with Crippen molar-refractivity contribution in [2.45, 2.75) is 25.8 Å². The molecule has 2 aromatic rings. The van der Waals surface area contributed by atoms with Crippen LogP contribution in [0, 0.1) is 0 Å². The number of anilines is 1. The van der Waals surface area contributed by atoms with Crippen molar-refractivity contribution in [1.82, 2.24) is 19.9 Å². The van der Waals surface area contributed by atoms with E-state index in [-0.39, 0.29) is 0 Å². The third kappa shape index (κ3) is 2.60. The van der Waals surface area contributed by atoms with Crippen molar-refractivity contribution in [2.75, 3.05) is 24.5 Å². The van der Waals surface area contributed by atoms with E-state index in [1.165, 1.54) is 12.8 Å². The summed E-state index contributed by atoms with van der Waals surface area (Å²) in [5.41, 5.74) is 0.871. The molecule has 1 aliphatic heterocycles. The van der Waals surface area contributed by atoms with Crippen molar-refractivity contribution in [3.63, 3.8) is 0 Å². The van der Waals surface area contributed by atoms with Gasteiger partial charge in [-0.15, -0.1) is 5.10 Å². The van der Waals surface area contributed by atoms with Crippen LogP contribution in [-0.4, -0.2) is 40.3 Å². The van der Waals surface area contributed by atoms with Gasteiger partial charge in [-0.25, -0.2) is 4.52 Å². The average molecular weight is 324 g/mol. The molecule has 0 saturated carbocycles. The SMILES string of the molecule is CCN(CC1CCCN1)c1nc2c(Br)cccn2n1. The molecule has 0 aromatic carbocycles.